The number of ether oxygens (including phenoxy) is 1. The van der Waals surface area contributed by atoms with Gasteiger partial charge in [0.2, 0.25) is 0 Å². The summed E-state index contributed by atoms with van der Waals surface area (Å²) in [5, 5.41) is 8.90. The van der Waals surface area contributed by atoms with Crippen LogP contribution in [-0.4, -0.2) is 29.8 Å². The fraction of sp³-hybridized carbons (Fsp3) is 0.909. The fourth-order valence-electron chi connectivity index (χ4n) is 1.11. The van der Waals surface area contributed by atoms with Crippen LogP contribution in [0, 0.1) is 5.41 Å². The summed E-state index contributed by atoms with van der Waals surface area (Å²) >= 11 is 0. The SMILES string of the molecule is CC(C)(CCN)OCCC(C)(C)C(=O)O. The summed E-state index contributed by atoms with van der Waals surface area (Å²) in [6.07, 6.45) is 1.29. The Labute approximate surface area is 91.8 Å². The number of nitrogens with two attached hydrogens (primary N) is 1. The van der Waals surface area contributed by atoms with Gasteiger partial charge in [-0.2, -0.15) is 0 Å². The van der Waals surface area contributed by atoms with Gasteiger partial charge in [0.25, 0.3) is 0 Å². The molecule has 0 aromatic rings. The average molecular weight is 217 g/mol. The molecule has 0 saturated carbocycles. The summed E-state index contributed by atoms with van der Waals surface area (Å²) in [7, 11) is 0. The van der Waals surface area contributed by atoms with Gasteiger partial charge in [-0.05, 0) is 47.1 Å². The predicted octanol–water partition coefficient (Wildman–Crippen LogP) is 1.63. The number of hydrogen-bond acceptors (Lipinski definition) is 3. The van der Waals surface area contributed by atoms with E-state index in [9.17, 15) is 4.79 Å². The highest BCUT2D eigenvalue weighted by molar-refractivity contribution is 5.73. The number of carboxylic acid groups (broad SMARTS) is 1. The van der Waals surface area contributed by atoms with Crippen LogP contribution in [0.1, 0.15) is 40.5 Å². The fourth-order valence-corrected chi connectivity index (χ4v) is 1.11. The smallest absolute Gasteiger partial charge is 0.309 e. The third kappa shape index (κ3) is 5.74. The Kier molecular flexibility index (Phi) is 5.24. The van der Waals surface area contributed by atoms with Crippen molar-refractivity contribution < 1.29 is 14.6 Å². The van der Waals surface area contributed by atoms with Crippen LogP contribution in [0.2, 0.25) is 0 Å². The van der Waals surface area contributed by atoms with Crippen molar-refractivity contribution in [2.45, 2.75) is 46.1 Å². The molecule has 0 radical (unpaired) electrons. The second-order valence-electron chi connectivity index (χ2n) is 5.09. The molecule has 0 aromatic carbocycles. The van der Waals surface area contributed by atoms with Gasteiger partial charge in [-0.15, -0.1) is 0 Å². The minimum absolute atomic E-state index is 0.261. The molecule has 0 amide bonds. The molecule has 0 aliphatic heterocycles. The molecule has 0 atom stereocenters. The van der Waals surface area contributed by atoms with E-state index >= 15 is 0 Å². The van der Waals surface area contributed by atoms with E-state index < -0.39 is 11.4 Å². The van der Waals surface area contributed by atoms with Crippen LogP contribution >= 0.6 is 0 Å². The Balaban J connectivity index is 3.93. The molecule has 0 spiro atoms. The monoisotopic (exact) mass is 217 g/mol. The summed E-state index contributed by atoms with van der Waals surface area (Å²) in [6.45, 7) is 8.37. The van der Waals surface area contributed by atoms with E-state index in [0.29, 0.717) is 19.6 Å². The second-order valence-corrected chi connectivity index (χ2v) is 5.09. The number of hydrogen-bond donors (Lipinski definition) is 2. The minimum Gasteiger partial charge on any atom is -0.481 e. The van der Waals surface area contributed by atoms with Crippen LogP contribution in [0.25, 0.3) is 0 Å². The molecule has 0 aliphatic carbocycles. The van der Waals surface area contributed by atoms with Crippen LogP contribution in [-0.2, 0) is 9.53 Å². The molecule has 0 rings (SSSR count). The molecular weight excluding hydrogens is 194 g/mol. The molecule has 0 bridgehead atoms. The first-order chi connectivity index (χ1) is 6.71. The molecule has 15 heavy (non-hydrogen) atoms. The van der Waals surface area contributed by atoms with Gasteiger partial charge in [0.05, 0.1) is 11.0 Å². The van der Waals surface area contributed by atoms with E-state index in [2.05, 4.69) is 0 Å². The standard InChI is InChI=1S/C11H23NO3/c1-10(2,9(13)14)6-8-15-11(3,4)5-7-12/h5-8,12H2,1-4H3,(H,13,14). The quantitative estimate of drug-likeness (QED) is 0.680. The minimum atomic E-state index is -0.789. The van der Waals surface area contributed by atoms with Gasteiger partial charge in [0.1, 0.15) is 0 Å². The van der Waals surface area contributed by atoms with Gasteiger partial charge in [-0.1, -0.05) is 0 Å². The van der Waals surface area contributed by atoms with Crippen molar-refractivity contribution in [3.8, 4) is 0 Å². The Bertz CT molecular complexity index is 212. The van der Waals surface area contributed by atoms with Gasteiger partial charge in [-0.3, -0.25) is 4.79 Å². The lowest BCUT2D eigenvalue weighted by Gasteiger charge is -2.27. The third-order valence-electron chi connectivity index (χ3n) is 2.55. The maximum atomic E-state index is 10.8. The highest BCUT2D eigenvalue weighted by Gasteiger charge is 2.28. The van der Waals surface area contributed by atoms with E-state index in [-0.39, 0.29) is 5.60 Å². The highest BCUT2D eigenvalue weighted by Crippen LogP contribution is 2.22. The predicted molar refractivity (Wildman–Crippen MR) is 59.7 cm³/mol. The topological polar surface area (TPSA) is 72.5 Å². The van der Waals surface area contributed by atoms with Crippen molar-refractivity contribution in [2.75, 3.05) is 13.2 Å². The molecule has 3 N–H and O–H groups in total. The van der Waals surface area contributed by atoms with Crippen molar-refractivity contribution in [2.24, 2.45) is 11.1 Å². The number of carbonyl (C=O) groups is 1. The Morgan fingerprint density at radius 1 is 1.27 bits per heavy atom. The lowest BCUT2D eigenvalue weighted by molar-refractivity contribution is -0.148. The lowest BCUT2D eigenvalue weighted by atomic mass is 9.90. The summed E-state index contributed by atoms with van der Waals surface area (Å²) in [4.78, 5) is 10.8. The molecule has 0 heterocycles. The number of aliphatic carboxylic acids is 1. The van der Waals surface area contributed by atoms with E-state index in [1.807, 2.05) is 13.8 Å². The van der Waals surface area contributed by atoms with Gasteiger partial charge in [-0.25, -0.2) is 0 Å². The molecule has 4 heteroatoms. The molecule has 4 nitrogen and oxygen atoms in total. The summed E-state index contributed by atoms with van der Waals surface area (Å²) in [6, 6.07) is 0. The molecule has 0 fully saturated rings. The van der Waals surface area contributed by atoms with Gasteiger partial charge < -0.3 is 15.6 Å². The van der Waals surface area contributed by atoms with Gasteiger partial charge in [0, 0.05) is 6.61 Å². The maximum absolute atomic E-state index is 10.8. The van der Waals surface area contributed by atoms with Crippen LogP contribution < -0.4 is 5.73 Å². The van der Waals surface area contributed by atoms with E-state index in [0.717, 1.165) is 6.42 Å². The van der Waals surface area contributed by atoms with Gasteiger partial charge >= 0.3 is 5.97 Å². The zero-order valence-corrected chi connectivity index (χ0v) is 10.2. The second kappa shape index (κ2) is 5.47. The van der Waals surface area contributed by atoms with Crippen molar-refractivity contribution in [3.05, 3.63) is 0 Å². The molecule has 0 saturated heterocycles. The zero-order chi connectivity index (χ0) is 12.1. The van der Waals surface area contributed by atoms with Crippen molar-refractivity contribution >= 4 is 5.97 Å². The number of rotatable bonds is 7. The maximum Gasteiger partial charge on any atom is 0.309 e. The van der Waals surface area contributed by atoms with E-state index in [4.69, 9.17) is 15.6 Å². The average Bonchev–Trinajstić information content (AvgIpc) is 2.02. The molecule has 0 aromatic heterocycles. The summed E-state index contributed by atoms with van der Waals surface area (Å²) in [5.41, 5.74) is 4.46. The molecule has 90 valence electrons. The first kappa shape index (κ1) is 14.4. The van der Waals surface area contributed by atoms with Crippen LogP contribution in [0.5, 0.6) is 0 Å². The summed E-state index contributed by atoms with van der Waals surface area (Å²) in [5.74, 6) is -0.789. The third-order valence-corrected chi connectivity index (χ3v) is 2.55. The van der Waals surface area contributed by atoms with Gasteiger partial charge in [0.15, 0.2) is 0 Å². The highest BCUT2D eigenvalue weighted by atomic mass is 16.5. The normalized spacial score (nSPS) is 12.9. The Hall–Kier alpha value is -0.610. The van der Waals surface area contributed by atoms with Crippen LogP contribution in [0.15, 0.2) is 0 Å². The number of carboxylic acids is 1. The molecular formula is C11H23NO3. The first-order valence-electron chi connectivity index (χ1n) is 5.29. The van der Waals surface area contributed by atoms with E-state index in [1.54, 1.807) is 13.8 Å². The summed E-state index contributed by atoms with van der Waals surface area (Å²) < 4.78 is 5.61. The molecule has 0 aliphatic rings. The van der Waals surface area contributed by atoms with Crippen molar-refractivity contribution in [1.82, 2.24) is 0 Å². The largest absolute Gasteiger partial charge is 0.481 e. The van der Waals surface area contributed by atoms with Crippen molar-refractivity contribution in [1.29, 1.82) is 0 Å². The lowest BCUT2D eigenvalue weighted by Crippen LogP contribution is -2.31. The van der Waals surface area contributed by atoms with Crippen LogP contribution in [0.3, 0.4) is 0 Å². The first-order valence-corrected chi connectivity index (χ1v) is 5.29. The zero-order valence-electron chi connectivity index (χ0n) is 10.2. The Morgan fingerprint density at radius 3 is 2.20 bits per heavy atom. The Morgan fingerprint density at radius 2 is 1.80 bits per heavy atom. The van der Waals surface area contributed by atoms with E-state index in [1.165, 1.54) is 0 Å². The van der Waals surface area contributed by atoms with Crippen molar-refractivity contribution in [3.63, 3.8) is 0 Å². The van der Waals surface area contributed by atoms with Crippen LogP contribution in [0.4, 0.5) is 0 Å². The molecule has 0 unspecified atom stereocenters.